The Balaban J connectivity index is 1.93. The molecule has 0 amide bonds. The van der Waals surface area contributed by atoms with Crippen LogP contribution in [0, 0.1) is 0 Å². The minimum absolute atomic E-state index is 0.0996. The largest absolute Gasteiger partial charge is 0.350 e. The first-order valence-electron chi connectivity index (χ1n) is 6.46. The van der Waals surface area contributed by atoms with E-state index in [0.29, 0.717) is 5.11 Å². The van der Waals surface area contributed by atoms with Crippen LogP contribution in [-0.2, 0) is 9.47 Å². The topological polar surface area (TPSA) is 33.7 Å². The van der Waals surface area contributed by atoms with Gasteiger partial charge in [-0.05, 0) is 38.2 Å². The monoisotopic (exact) mass is 280 g/mol. The molecular formula is C14H20N2O2S. The summed E-state index contributed by atoms with van der Waals surface area (Å²) in [6.45, 7) is 3.94. The summed E-state index contributed by atoms with van der Waals surface area (Å²) in [5.74, 6) is 0. The summed E-state index contributed by atoms with van der Waals surface area (Å²) in [4.78, 5) is 1.93. The predicted molar refractivity (Wildman–Crippen MR) is 80.1 cm³/mol. The lowest BCUT2D eigenvalue weighted by molar-refractivity contribution is -0.232. The van der Waals surface area contributed by atoms with E-state index in [-0.39, 0.29) is 18.6 Å². The van der Waals surface area contributed by atoms with Gasteiger partial charge in [-0.15, -0.1) is 0 Å². The molecule has 3 atom stereocenters. The Bertz CT molecular complexity index is 417. The number of nitrogens with one attached hydrogen (secondary N) is 1. The smallest absolute Gasteiger partial charge is 0.175 e. The van der Waals surface area contributed by atoms with Gasteiger partial charge in [0.05, 0.1) is 6.10 Å². The molecule has 1 aromatic carbocycles. The lowest BCUT2D eigenvalue weighted by atomic mass is 10.2. The van der Waals surface area contributed by atoms with Gasteiger partial charge in [-0.1, -0.05) is 18.2 Å². The number of nitrogens with zero attached hydrogens (tertiary/aromatic N) is 1. The van der Waals surface area contributed by atoms with Gasteiger partial charge in [0.2, 0.25) is 0 Å². The third kappa shape index (κ3) is 3.89. The van der Waals surface area contributed by atoms with Crippen molar-refractivity contribution in [2.45, 2.75) is 38.9 Å². The third-order valence-electron chi connectivity index (χ3n) is 3.06. The molecule has 4 nitrogen and oxygen atoms in total. The van der Waals surface area contributed by atoms with Gasteiger partial charge in [0.1, 0.15) is 6.23 Å². The SMILES string of the molecule is C[C@H]1O[C@@H](C)C[C@@H](NC(=S)N(C)c2ccccc2)O1. The zero-order valence-corrected chi connectivity index (χ0v) is 12.3. The van der Waals surface area contributed by atoms with E-state index in [2.05, 4.69) is 5.32 Å². The minimum Gasteiger partial charge on any atom is -0.350 e. The molecule has 104 valence electrons. The van der Waals surface area contributed by atoms with E-state index in [9.17, 15) is 0 Å². The molecule has 0 aromatic heterocycles. The molecule has 0 aliphatic carbocycles. The molecule has 1 saturated heterocycles. The van der Waals surface area contributed by atoms with Gasteiger partial charge in [0.25, 0.3) is 0 Å². The molecule has 1 N–H and O–H groups in total. The van der Waals surface area contributed by atoms with E-state index in [0.717, 1.165) is 12.1 Å². The van der Waals surface area contributed by atoms with Gasteiger partial charge in [-0.3, -0.25) is 0 Å². The molecule has 0 spiro atoms. The van der Waals surface area contributed by atoms with Crippen molar-refractivity contribution < 1.29 is 9.47 Å². The molecule has 0 radical (unpaired) electrons. The van der Waals surface area contributed by atoms with Crippen molar-refractivity contribution in [3.63, 3.8) is 0 Å². The Hall–Kier alpha value is -1.17. The van der Waals surface area contributed by atoms with E-state index in [4.69, 9.17) is 21.7 Å². The second-order valence-electron chi connectivity index (χ2n) is 4.72. The highest BCUT2D eigenvalue weighted by molar-refractivity contribution is 7.80. The normalized spacial score (nSPS) is 26.8. The van der Waals surface area contributed by atoms with Crippen molar-refractivity contribution in [1.29, 1.82) is 0 Å². The summed E-state index contributed by atoms with van der Waals surface area (Å²) < 4.78 is 11.2. The number of thiocarbonyl (C=S) groups is 1. The lowest BCUT2D eigenvalue weighted by Gasteiger charge is -2.34. The molecule has 1 aromatic rings. The van der Waals surface area contributed by atoms with Crippen LogP contribution in [0.1, 0.15) is 20.3 Å². The zero-order chi connectivity index (χ0) is 13.8. The first-order valence-corrected chi connectivity index (χ1v) is 6.87. The van der Waals surface area contributed by atoms with Crippen LogP contribution in [0.4, 0.5) is 5.69 Å². The van der Waals surface area contributed by atoms with Gasteiger partial charge in [-0.2, -0.15) is 0 Å². The number of ether oxygens (including phenoxy) is 2. The van der Waals surface area contributed by atoms with Crippen molar-refractivity contribution in [2.75, 3.05) is 11.9 Å². The molecular weight excluding hydrogens is 260 g/mol. The number of hydrogen-bond acceptors (Lipinski definition) is 3. The predicted octanol–water partition coefficient (Wildman–Crippen LogP) is 2.49. The minimum atomic E-state index is -0.203. The van der Waals surface area contributed by atoms with Gasteiger partial charge >= 0.3 is 0 Å². The van der Waals surface area contributed by atoms with Crippen molar-refractivity contribution in [3.05, 3.63) is 30.3 Å². The Morgan fingerprint density at radius 2 is 1.95 bits per heavy atom. The van der Waals surface area contributed by atoms with E-state index < -0.39 is 0 Å². The van der Waals surface area contributed by atoms with Crippen LogP contribution >= 0.6 is 12.2 Å². The van der Waals surface area contributed by atoms with E-state index in [1.165, 1.54) is 0 Å². The van der Waals surface area contributed by atoms with Gasteiger partial charge in [0, 0.05) is 19.2 Å². The van der Waals surface area contributed by atoms with Crippen LogP contribution in [-0.4, -0.2) is 30.8 Å². The number of para-hydroxylation sites is 1. The molecule has 0 bridgehead atoms. The zero-order valence-electron chi connectivity index (χ0n) is 11.5. The highest BCUT2D eigenvalue weighted by Crippen LogP contribution is 2.17. The maximum Gasteiger partial charge on any atom is 0.175 e. The van der Waals surface area contributed by atoms with E-state index in [1.54, 1.807) is 0 Å². The molecule has 0 saturated carbocycles. The highest BCUT2D eigenvalue weighted by Gasteiger charge is 2.25. The standard InChI is InChI=1S/C14H20N2O2S/c1-10-9-13(18-11(2)17-10)15-14(19)16(3)12-7-5-4-6-8-12/h4-8,10-11,13H,9H2,1-3H3,(H,15,19)/t10-,11-,13-/m0/s1. The van der Waals surface area contributed by atoms with Crippen LogP contribution in [0.15, 0.2) is 30.3 Å². The van der Waals surface area contributed by atoms with Crippen LogP contribution in [0.3, 0.4) is 0 Å². The first-order chi connectivity index (χ1) is 9.06. The number of hydrogen-bond donors (Lipinski definition) is 1. The average molecular weight is 280 g/mol. The van der Waals surface area contributed by atoms with Crippen molar-refractivity contribution >= 4 is 23.0 Å². The fourth-order valence-electron chi connectivity index (χ4n) is 2.10. The second kappa shape index (κ2) is 6.32. The van der Waals surface area contributed by atoms with E-state index in [1.807, 2.05) is 56.1 Å². The van der Waals surface area contributed by atoms with Gasteiger partial charge < -0.3 is 19.7 Å². The molecule has 19 heavy (non-hydrogen) atoms. The summed E-state index contributed by atoms with van der Waals surface area (Å²) >= 11 is 5.41. The van der Waals surface area contributed by atoms with Crippen molar-refractivity contribution in [2.24, 2.45) is 0 Å². The molecule has 0 unspecified atom stereocenters. The Morgan fingerprint density at radius 1 is 1.26 bits per heavy atom. The van der Waals surface area contributed by atoms with Crippen LogP contribution in [0.25, 0.3) is 0 Å². The number of rotatable bonds is 2. The molecule has 1 fully saturated rings. The fourth-order valence-corrected chi connectivity index (χ4v) is 2.34. The summed E-state index contributed by atoms with van der Waals surface area (Å²) in [5, 5.41) is 3.88. The van der Waals surface area contributed by atoms with Crippen molar-refractivity contribution in [3.8, 4) is 0 Å². The maximum absolute atomic E-state index is 5.67. The van der Waals surface area contributed by atoms with Crippen LogP contribution in [0.2, 0.25) is 0 Å². The highest BCUT2D eigenvalue weighted by atomic mass is 32.1. The first kappa shape index (κ1) is 14.2. The maximum atomic E-state index is 5.67. The summed E-state index contributed by atoms with van der Waals surface area (Å²) in [7, 11) is 1.94. The summed E-state index contributed by atoms with van der Waals surface area (Å²) in [6.07, 6.45) is 0.655. The number of benzene rings is 1. The Morgan fingerprint density at radius 3 is 2.58 bits per heavy atom. The molecule has 5 heteroatoms. The molecule has 1 aliphatic rings. The third-order valence-corrected chi connectivity index (χ3v) is 3.45. The Kier molecular flexibility index (Phi) is 4.74. The van der Waals surface area contributed by atoms with Crippen molar-refractivity contribution in [1.82, 2.24) is 5.32 Å². The number of anilines is 1. The van der Waals surface area contributed by atoms with Crippen LogP contribution < -0.4 is 10.2 Å². The van der Waals surface area contributed by atoms with Gasteiger partial charge in [0.15, 0.2) is 11.4 Å². The molecule has 1 aliphatic heterocycles. The molecule has 1 heterocycles. The lowest BCUT2D eigenvalue weighted by Crippen LogP contribution is -2.49. The van der Waals surface area contributed by atoms with Gasteiger partial charge in [-0.25, -0.2) is 0 Å². The second-order valence-corrected chi connectivity index (χ2v) is 5.11. The summed E-state index contributed by atoms with van der Waals surface area (Å²) in [5.41, 5.74) is 1.05. The summed E-state index contributed by atoms with van der Waals surface area (Å²) in [6, 6.07) is 10.00. The molecule has 2 rings (SSSR count). The quantitative estimate of drug-likeness (QED) is 0.842. The Labute approximate surface area is 119 Å². The average Bonchev–Trinajstić information content (AvgIpc) is 2.37. The van der Waals surface area contributed by atoms with Crippen LogP contribution in [0.5, 0.6) is 0 Å². The fraction of sp³-hybridized carbons (Fsp3) is 0.500. The van der Waals surface area contributed by atoms with E-state index >= 15 is 0 Å².